The zero-order valence-electron chi connectivity index (χ0n) is 21.6. The number of carbonyl (C=O) groups excluding carboxylic acids is 2. The summed E-state index contributed by atoms with van der Waals surface area (Å²) in [6.45, 7) is 2.76. The van der Waals surface area contributed by atoms with Crippen LogP contribution in [0.3, 0.4) is 0 Å². The van der Waals surface area contributed by atoms with E-state index in [2.05, 4.69) is 34.1 Å². The Balaban J connectivity index is 1.33. The van der Waals surface area contributed by atoms with E-state index in [4.69, 9.17) is 0 Å². The van der Waals surface area contributed by atoms with Crippen molar-refractivity contribution in [3.05, 3.63) is 59.7 Å². The molecule has 0 aromatic heterocycles. The zero-order chi connectivity index (χ0) is 25.2. The molecule has 3 atom stereocenters. The van der Waals surface area contributed by atoms with Gasteiger partial charge in [-0.2, -0.15) is 0 Å². The molecule has 0 unspecified atom stereocenters. The fourth-order valence-corrected chi connectivity index (χ4v) is 6.53. The maximum Gasteiger partial charge on any atom is 0.253 e. The van der Waals surface area contributed by atoms with Crippen molar-refractivity contribution < 1.29 is 14.7 Å². The number of rotatable bonds is 5. The van der Waals surface area contributed by atoms with E-state index in [1.165, 1.54) is 18.4 Å². The number of nitrogens with zero attached hydrogens (tertiary/aromatic N) is 3. The van der Waals surface area contributed by atoms with Crippen molar-refractivity contribution >= 4 is 11.8 Å². The summed E-state index contributed by atoms with van der Waals surface area (Å²) in [5, 5.41) is 10.3. The zero-order valence-corrected chi connectivity index (χ0v) is 21.6. The molecule has 6 heteroatoms. The number of aliphatic hydroxyl groups excluding tert-OH is 1. The first-order valence-corrected chi connectivity index (χ1v) is 13.6. The highest BCUT2D eigenvalue weighted by atomic mass is 16.3. The first-order chi connectivity index (χ1) is 17.5. The van der Waals surface area contributed by atoms with Crippen molar-refractivity contribution in [1.82, 2.24) is 14.7 Å². The predicted molar refractivity (Wildman–Crippen MR) is 142 cm³/mol. The molecule has 2 saturated heterocycles. The molecule has 1 saturated carbocycles. The Morgan fingerprint density at radius 3 is 2.11 bits per heavy atom. The van der Waals surface area contributed by atoms with Gasteiger partial charge >= 0.3 is 0 Å². The lowest BCUT2D eigenvalue weighted by molar-refractivity contribution is -0.140. The molecule has 3 aliphatic rings. The monoisotopic (exact) mass is 489 g/mol. The van der Waals surface area contributed by atoms with Crippen LogP contribution in [0.4, 0.5) is 0 Å². The molecule has 2 aliphatic heterocycles. The van der Waals surface area contributed by atoms with Gasteiger partial charge in [0.25, 0.3) is 5.91 Å². The second-order valence-electron chi connectivity index (χ2n) is 11.0. The van der Waals surface area contributed by atoms with E-state index in [1.54, 1.807) is 19.0 Å². The second kappa shape index (κ2) is 10.7. The Hall–Kier alpha value is -2.70. The minimum absolute atomic E-state index is 0.00105. The summed E-state index contributed by atoms with van der Waals surface area (Å²) in [5.41, 5.74) is 4.09. The molecule has 0 bridgehead atoms. The van der Waals surface area contributed by atoms with Crippen molar-refractivity contribution in [3.63, 3.8) is 0 Å². The second-order valence-corrected chi connectivity index (χ2v) is 11.0. The Bertz CT molecular complexity index is 1060. The number of carbonyl (C=O) groups is 2. The number of fused-ring (bicyclic) bond motifs is 1. The van der Waals surface area contributed by atoms with Crippen molar-refractivity contribution in [1.29, 1.82) is 0 Å². The first-order valence-electron chi connectivity index (χ1n) is 13.6. The van der Waals surface area contributed by atoms with Crippen LogP contribution < -0.4 is 0 Å². The van der Waals surface area contributed by atoms with Gasteiger partial charge in [-0.15, -0.1) is 0 Å². The van der Waals surface area contributed by atoms with Gasteiger partial charge in [0.1, 0.15) is 0 Å². The van der Waals surface area contributed by atoms with Crippen LogP contribution in [0.1, 0.15) is 60.4 Å². The third-order valence-electron chi connectivity index (χ3n) is 8.55. The fraction of sp³-hybridized carbons (Fsp3) is 0.533. The smallest absolute Gasteiger partial charge is 0.253 e. The molecular weight excluding hydrogens is 450 g/mol. The van der Waals surface area contributed by atoms with Gasteiger partial charge in [-0.1, -0.05) is 49.2 Å². The van der Waals surface area contributed by atoms with E-state index in [-0.39, 0.29) is 36.4 Å². The van der Waals surface area contributed by atoms with Gasteiger partial charge in [-0.3, -0.25) is 14.5 Å². The molecule has 2 aromatic rings. The summed E-state index contributed by atoms with van der Waals surface area (Å²) in [5.74, 6) is 0.790. The highest BCUT2D eigenvalue weighted by molar-refractivity contribution is 5.94. The molecule has 192 valence electrons. The molecule has 2 amide bonds. The van der Waals surface area contributed by atoms with Crippen molar-refractivity contribution in [2.75, 3.05) is 40.3 Å². The van der Waals surface area contributed by atoms with Crippen LogP contribution in [0, 0.1) is 5.92 Å². The molecule has 2 heterocycles. The number of amides is 2. The van der Waals surface area contributed by atoms with E-state index in [0.29, 0.717) is 11.5 Å². The van der Waals surface area contributed by atoms with E-state index in [0.717, 1.165) is 56.4 Å². The van der Waals surface area contributed by atoms with Gasteiger partial charge in [0.15, 0.2) is 0 Å². The highest BCUT2D eigenvalue weighted by Crippen LogP contribution is 2.42. The summed E-state index contributed by atoms with van der Waals surface area (Å²) < 4.78 is 0. The molecule has 5 rings (SSSR count). The normalized spacial score (nSPS) is 25.0. The van der Waals surface area contributed by atoms with Gasteiger partial charge in [0, 0.05) is 56.7 Å². The lowest BCUT2D eigenvalue weighted by Crippen LogP contribution is -2.68. The summed E-state index contributed by atoms with van der Waals surface area (Å²) >= 11 is 0. The summed E-state index contributed by atoms with van der Waals surface area (Å²) in [6, 6.07) is 16.8. The van der Waals surface area contributed by atoms with Crippen LogP contribution in [0.25, 0.3) is 11.1 Å². The maximum absolute atomic E-state index is 13.3. The third kappa shape index (κ3) is 4.81. The standard InChI is InChI=1S/C30H39N3O3/c1-31(2)29(35)25-15-11-22(12-16-25)21-9-13-23(14-10-21)28-26-19-32(30(36)24-7-3-4-8-24)17-5-6-18-33(26)27(28)20-34/h9-16,24,26-28,34H,3-8,17-20H2,1-2H3/t26-,27+,28+/m0/s1. The maximum atomic E-state index is 13.3. The van der Waals surface area contributed by atoms with Crippen molar-refractivity contribution in [2.24, 2.45) is 5.92 Å². The lowest BCUT2D eigenvalue weighted by Gasteiger charge is -2.57. The molecule has 1 aliphatic carbocycles. The molecule has 36 heavy (non-hydrogen) atoms. The van der Waals surface area contributed by atoms with Gasteiger partial charge in [-0.05, 0) is 61.1 Å². The predicted octanol–water partition coefficient (Wildman–Crippen LogP) is 4.00. The number of hydrogen-bond donors (Lipinski definition) is 1. The van der Waals surface area contributed by atoms with Crippen LogP contribution in [0.15, 0.2) is 48.5 Å². The minimum atomic E-state index is 0.00105. The molecule has 0 radical (unpaired) electrons. The average Bonchev–Trinajstić information content (AvgIpc) is 3.42. The third-order valence-corrected chi connectivity index (χ3v) is 8.55. The van der Waals surface area contributed by atoms with E-state index in [9.17, 15) is 14.7 Å². The lowest BCUT2D eigenvalue weighted by atomic mass is 9.74. The summed E-state index contributed by atoms with van der Waals surface area (Å²) in [7, 11) is 3.52. The van der Waals surface area contributed by atoms with Crippen LogP contribution in [-0.4, -0.2) is 84.0 Å². The minimum Gasteiger partial charge on any atom is -0.395 e. The van der Waals surface area contributed by atoms with Gasteiger partial charge in [-0.25, -0.2) is 0 Å². The quantitative estimate of drug-likeness (QED) is 0.690. The number of benzene rings is 2. The molecule has 6 nitrogen and oxygen atoms in total. The van der Waals surface area contributed by atoms with Gasteiger partial charge in [0.05, 0.1) is 6.61 Å². The number of aliphatic hydroxyl groups is 1. The van der Waals surface area contributed by atoms with Gasteiger partial charge in [0.2, 0.25) is 5.91 Å². The summed E-state index contributed by atoms with van der Waals surface area (Å²) in [4.78, 5) is 31.6. The topological polar surface area (TPSA) is 64.1 Å². The Kier molecular flexibility index (Phi) is 7.44. The first kappa shape index (κ1) is 25.0. The van der Waals surface area contributed by atoms with Crippen molar-refractivity contribution in [2.45, 2.75) is 56.5 Å². The van der Waals surface area contributed by atoms with Crippen LogP contribution in [0.5, 0.6) is 0 Å². The van der Waals surface area contributed by atoms with E-state index >= 15 is 0 Å². The van der Waals surface area contributed by atoms with Crippen LogP contribution in [-0.2, 0) is 4.79 Å². The average molecular weight is 490 g/mol. The SMILES string of the molecule is CN(C)C(=O)c1ccc(-c2ccc([C@H]3[C@@H](CO)N4CCCCN(C(=O)C5CCCC5)C[C@@H]34)cc2)cc1. The largest absolute Gasteiger partial charge is 0.395 e. The highest BCUT2D eigenvalue weighted by Gasteiger charge is 2.49. The fourth-order valence-electron chi connectivity index (χ4n) is 6.53. The van der Waals surface area contributed by atoms with E-state index < -0.39 is 0 Å². The molecule has 3 fully saturated rings. The Morgan fingerprint density at radius 2 is 1.50 bits per heavy atom. The van der Waals surface area contributed by atoms with Crippen LogP contribution in [0.2, 0.25) is 0 Å². The molecule has 1 N–H and O–H groups in total. The Morgan fingerprint density at radius 1 is 0.889 bits per heavy atom. The van der Waals surface area contributed by atoms with Crippen LogP contribution >= 0.6 is 0 Å². The molecule has 2 aromatic carbocycles. The Labute approximate surface area is 214 Å². The van der Waals surface area contributed by atoms with Gasteiger partial charge < -0.3 is 14.9 Å². The molecular formula is C30H39N3O3. The summed E-state index contributed by atoms with van der Waals surface area (Å²) in [6.07, 6.45) is 6.54. The van der Waals surface area contributed by atoms with Crippen molar-refractivity contribution in [3.8, 4) is 11.1 Å². The van der Waals surface area contributed by atoms with E-state index in [1.807, 2.05) is 24.3 Å². The number of hydrogen-bond acceptors (Lipinski definition) is 4. The molecule has 0 spiro atoms.